The molecule has 0 rings (SSSR count). The number of aliphatic carboxylic acids is 2. The molecule has 0 fully saturated rings. The summed E-state index contributed by atoms with van der Waals surface area (Å²) < 4.78 is 0. The smallest absolute Gasteiger partial charge is 0.317 e. The topological polar surface area (TPSA) is 115 Å². The first-order valence-electron chi connectivity index (χ1n) is 10.2. The molecule has 6 heteroatoms. The van der Waals surface area contributed by atoms with E-state index in [0.717, 1.165) is 32.1 Å². The Kier molecular flexibility index (Phi) is 21.0. The second-order valence-corrected chi connectivity index (χ2v) is 6.82. The van der Waals surface area contributed by atoms with E-state index in [2.05, 4.69) is 13.8 Å². The third-order valence-corrected chi connectivity index (χ3v) is 4.26. The average molecular weight is 377 g/mol. The van der Waals surface area contributed by atoms with Crippen LogP contribution in [0, 0.1) is 5.92 Å². The summed E-state index contributed by atoms with van der Waals surface area (Å²) in [6, 6.07) is 0. The van der Waals surface area contributed by atoms with Crippen molar-refractivity contribution in [2.24, 2.45) is 5.92 Å². The number of rotatable bonds is 16. The van der Waals surface area contributed by atoms with E-state index in [1.54, 1.807) is 0 Å². The largest absolute Gasteiger partial charge is 0.481 e. The Morgan fingerprint density at radius 2 is 0.962 bits per heavy atom. The Bertz CT molecular complexity index is 316. The molecule has 0 amide bonds. The minimum absolute atomic E-state index is 0.250. The fraction of sp³-hybridized carbons (Fsp3) is 0.900. The molecule has 0 aromatic heterocycles. The number of hydrogen-bond acceptors (Lipinski definition) is 4. The van der Waals surface area contributed by atoms with Gasteiger partial charge in [-0.25, -0.2) is 0 Å². The molecular formula is C20H40O6. The van der Waals surface area contributed by atoms with Crippen LogP contribution in [-0.2, 0) is 9.59 Å². The van der Waals surface area contributed by atoms with E-state index in [-0.39, 0.29) is 6.42 Å². The molecule has 0 aromatic carbocycles. The van der Waals surface area contributed by atoms with E-state index in [0.29, 0.717) is 12.8 Å². The first-order chi connectivity index (χ1) is 12.4. The third kappa shape index (κ3) is 20.9. The molecule has 0 unspecified atom stereocenters. The summed E-state index contributed by atoms with van der Waals surface area (Å²) in [7, 11) is 0. The standard InChI is InChI=1S/C14H26O4.C6H14O2/c1-2-3-4-5-6-7-8-9-10-11-12(13(15)16)14(17)18;1-2-3-4-5-6(7)8/h12H,2-11H2,1H3,(H,15,16)(H,17,18);6-8H,2-5H2,1H3. The monoisotopic (exact) mass is 376 g/mol. The highest BCUT2D eigenvalue weighted by Gasteiger charge is 2.24. The summed E-state index contributed by atoms with van der Waals surface area (Å²) >= 11 is 0. The Hall–Kier alpha value is -1.14. The minimum Gasteiger partial charge on any atom is -0.481 e. The van der Waals surface area contributed by atoms with Crippen molar-refractivity contribution < 1.29 is 30.0 Å². The Morgan fingerprint density at radius 3 is 1.35 bits per heavy atom. The van der Waals surface area contributed by atoms with Crippen molar-refractivity contribution in [3.63, 3.8) is 0 Å². The number of hydrogen-bond donors (Lipinski definition) is 4. The maximum Gasteiger partial charge on any atom is 0.317 e. The number of carbonyl (C=O) groups is 2. The highest BCUT2D eigenvalue weighted by molar-refractivity contribution is 5.92. The van der Waals surface area contributed by atoms with E-state index >= 15 is 0 Å². The predicted octanol–water partition coefficient (Wildman–Crippen LogP) is 4.57. The number of unbranched alkanes of at least 4 members (excludes halogenated alkanes) is 10. The fourth-order valence-corrected chi connectivity index (χ4v) is 2.59. The number of carboxylic acid groups (broad SMARTS) is 2. The Balaban J connectivity index is 0. The fourth-order valence-electron chi connectivity index (χ4n) is 2.59. The number of aliphatic hydroxyl groups excluding tert-OH is 1. The quantitative estimate of drug-likeness (QED) is 0.178. The van der Waals surface area contributed by atoms with Gasteiger partial charge in [-0.3, -0.25) is 9.59 Å². The van der Waals surface area contributed by atoms with Crippen LogP contribution in [0.15, 0.2) is 0 Å². The molecule has 4 N–H and O–H groups in total. The molecule has 6 nitrogen and oxygen atoms in total. The highest BCUT2D eigenvalue weighted by atomic mass is 16.5. The van der Waals surface area contributed by atoms with Crippen molar-refractivity contribution in [3.05, 3.63) is 0 Å². The summed E-state index contributed by atoms with van der Waals surface area (Å²) in [5.41, 5.74) is 0. The first kappa shape index (κ1) is 27.1. The molecule has 0 spiro atoms. The maximum atomic E-state index is 10.6. The second-order valence-electron chi connectivity index (χ2n) is 6.82. The van der Waals surface area contributed by atoms with Crippen LogP contribution in [0.4, 0.5) is 0 Å². The van der Waals surface area contributed by atoms with Gasteiger partial charge in [-0.1, -0.05) is 84.5 Å². The second kappa shape index (κ2) is 20.2. The zero-order chi connectivity index (χ0) is 20.2. The minimum atomic E-state index is -1.23. The van der Waals surface area contributed by atoms with Crippen molar-refractivity contribution in [1.82, 2.24) is 0 Å². The van der Waals surface area contributed by atoms with E-state index in [1.165, 1.54) is 38.5 Å². The van der Waals surface area contributed by atoms with E-state index in [4.69, 9.17) is 20.4 Å². The Morgan fingerprint density at radius 1 is 0.615 bits per heavy atom. The van der Waals surface area contributed by atoms with E-state index in [9.17, 15) is 9.59 Å². The molecule has 0 heterocycles. The van der Waals surface area contributed by atoms with Crippen LogP contribution in [-0.4, -0.2) is 38.7 Å². The predicted molar refractivity (Wildman–Crippen MR) is 103 cm³/mol. The van der Waals surface area contributed by atoms with Crippen molar-refractivity contribution in [2.45, 2.75) is 110 Å². The Labute approximate surface area is 158 Å². The van der Waals surface area contributed by atoms with Gasteiger partial charge in [0.25, 0.3) is 0 Å². The first-order valence-corrected chi connectivity index (χ1v) is 10.2. The normalized spacial score (nSPS) is 10.7. The van der Waals surface area contributed by atoms with Gasteiger partial charge in [0.15, 0.2) is 12.2 Å². The van der Waals surface area contributed by atoms with E-state index in [1.807, 2.05) is 0 Å². The molecule has 0 radical (unpaired) electrons. The molecule has 0 saturated heterocycles. The summed E-state index contributed by atoms with van der Waals surface area (Å²) in [5, 5.41) is 34.0. The molecule has 0 atom stereocenters. The van der Waals surface area contributed by atoms with Gasteiger partial charge < -0.3 is 20.4 Å². The maximum absolute atomic E-state index is 10.6. The molecule has 0 aliphatic carbocycles. The van der Waals surface area contributed by atoms with Gasteiger partial charge in [0.05, 0.1) is 0 Å². The van der Waals surface area contributed by atoms with Gasteiger partial charge in [0, 0.05) is 0 Å². The van der Waals surface area contributed by atoms with Crippen LogP contribution in [0.2, 0.25) is 0 Å². The zero-order valence-corrected chi connectivity index (χ0v) is 16.7. The van der Waals surface area contributed by atoms with Crippen molar-refractivity contribution in [3.8, 4) is 0 Å². The number of carboxylic acids is 2. The average Bonchev–Trinajstić information content (AvgIpc) is 2.56. The number of aliphatic hydroxyl groups is 2. The molecule has 0 saturated carbocycles. The van der Waals surface area contributed by atoms with Crippen LogP contribution >= 0.6 is 0 Å². The van der Waals surface area contributed by atoms with Gasteiger partial charge in [-0.15, -0.1) is 0 Å². The van der Waals surface area contributed by atoms with Crippen molar-refractivity contribution >= 4 is 11.9 Å². The van der Waals surface area contributed by atoms with Gasteiger partial charge >= 0.3 is 11.9 Å². The molecule has 0 aliphatic heterocycles. The van der Waals surface area contributed by atoms with Crippen LogP contribution in [0.5, 0.6) is 0 Å². The summed E-state index contributed by atoms with van der Waals surface area (Å²) in [4.78, 5) is 21.3. The van der Waals surface area contributed by atoms with Gasteiger partial charge in [-0.05, 0) is 19.3 Å². The molecule has 26 heavy (non-hydrogen) atoms. The lowest BCUT2D eigenvalue weighted by atomic mass is 10.00. The lowest BCUT2D eigenvalue weighted by molar-refractivity contribution is -0.154. The van der Waals surface area contributed by atoms with E-state index < -0.39 is 24.1 Å². The van der Waals surface area contributed by atoms with Crippen molar-refractivity contribution in [2.75, 3.05) is 0 Å². The van der Waals surface area contributed by atoms with Crippen LogP contribution in [0.3, 0.4) is 0 Å². The highest BCUT2D eigenvalue weighted by Crippen LogP contribution is 2.14. The molecular weight excluding hydrogens is 336 g/mol. The van der Waals surface area contributed by atoms with Gasteiger partial charge in [-0.2, -0.15) is 0 Å². The molecule has 0 aliphatic rings. The van der Waals surface area contributed by atoms with Crippen molar-refractivity contribution in [1.29, 1.82) is 0 Å². The van der Waals surface area contributed by atoms with Gasteiger partial charge in [0.2, 0.25) is 0 Å². The summed E-state index contributed by atoms with van der Waals surface area (Å²) in [6.07, 6.45) is 13.1. The van der Waals surface area contributed by atoms with Gasteiger partial charge in [0.1, 0.15) is 0 Å². The molecule has 156 valence electrons. The van der Waals surface area contributed by atoms with Crippen LogP contribution in [0.25, 0.3) is 0 Å². The SMILES string of the molecule is CCCCCC(O)O.CCCCCCCCCCCC(C(=O)O)C(=O)O. The molecule has 0 aromatic rings. The summed E-state index contributed by atoms with van der Waals surface area (Å²) in [5.74, 6) is -3.67. The lowest BCUT2D eigenvalue weighted by Gasteiger charge is -2.06. The summed E-state index contributed by atoms with van der Waals surface area (Å²) in [6.45, 7) is 4.28. The third-order valence-electron chi connectivity index (χ3n) is 4.26. The lowest BCUT2D eigenvalue weighted by Crippen LogP contribution is -2.23. The van der Waals surface area contributed by atoms with Crippen LogP contribution < -0.4 is 0 Å². The zero-order valence-electron chi connectivity index (χ0n) is 16.7. The molecule has 0 bridgehead atoms. The van der Waals surface area contributed by atoms with Crippen LogP contribution in [0.1, 0.15) is 104 Å².